The molecule has 0 bridgehead atoms. The number of carbonyl (C=O) groups is 3. The molecule has 7 heteroatoms. The van der Waals surface area contributed by atoms with Crippen LogP contribution in [0.1, 0.15) is 16.8 Å². The molecule has 1 fully saturated rings. The summed E-state index contributed by atoms with van der Waals surface area (Å²) in [4.78, 5) is 37.3. The number of amides is 2. The quantitative estimate of drug-likeness (QED) is 0.859. The van der Waals surface area contributed by atoms with E-state index >= 15 is 0 Å². The first kappa shape index (κ1) is 17.5. The van der Waals surface area contributed by atoms with Gasteiger partial charge in [-0.3, -0.25) is 9.59 Å². The maximum Gasteiger partial charge on any atom is 0.335 e. The van der Waals surface area contributed by atoms with Crippen LogP contribution in [0.15, 0.2) is 48.5 Å². The maximum atomic E-state index is 12.5. The average molecular weight is 354 g/mol. The molecule has 0 aromatic heterocycles. The number of nitrogens with zero attached hydrogens (tertiary/aromatic N) is 1. The van der Waals surface area contributed by atoms with E-state index < -0.39 is 11.9 Å². The number of aromatic carboxylic acids is 1. The van der Waals surface area contributed by atoms with Gasteiger partial charge in [-0.25, -0.2) is 4.79 Å². The Morgan fingerprint density at radius 1 is 1.19 bits per heavy atom. The first-order chi connectivity index (χ1) is 12.5. The van der Waals surface area contributed by atoms with Crippen molar-refractivity contribution in [3.63, 3.8) is 0 Å². The third-order valence-corrected chi connectivity index (χ3v) is 4.26. The van der Waals surface area contributed by atoms with Crippen molar-refractivity contribution in [2.45, 2.75) is 6.42 Å². The van der Waals surface area contributed by atoms with Gasteiger partial charge in [0.1, 0.15) is 5.75 Å². The summed E-state index contributed by atoms with van der Waals surface area (Å²) in [5.74, 6) is -1.32. The first-order valence-corrected chi connectivity index (χ1v) is 8.06. The summed E-state index contributed by atoms with van der Waals surface area (Å²) >= 11 is 0. The summed E-state index contributed by atoms with van der Waals surface area (Å²) in [6, 6.07) is 13.1. The van der Waals surface area contributed by atoms with Crippen molar-refractivity contribution in [1.82, 2.24) is 0 Å². The Balaban J connectivity index is 1.68. The summed E-state index contributed by atoms with van der Waals surface area (Å²) < 4.78 is 5.10. The second kappa shape index (κ2) is 7.26. The van der Waals surface area contributed by atoms with Crippen molar-refractivity contribution in [3.05, 3.63) is 54.1 Å². The summed E-state index contributed by atoms with van der Waals surface area (Å²) in [5, 5.41) is 11.7. The highest BCUT2D eigenvalue weighted by Gasteiger charge is 2.35. The predicted molar refractivity (Wildman–Crippen MR) is 95.5 cm³/mol. The number of nitrogens with one attached hydrogen (secondary N) is 1. The van der Waals surface area contributed by atoms with Crippen LogP contribution in [0.3, 0.4) is 0 Å². The molecule has 2 amide bonds. The lowest BCUT2D eigenvalue weighted by molar-refractivity contribution is -0.122. The van der Waals surface area contributed by atoms with Crippen LogP contribution in [0.2, 0.25) is 0 Å². The van der Waals surface area contributed by atoms with Crippen LogP contribution in [-0.2, 0) is 9.59 Å². The van der Waals surface area contributed by atoms with Crippen molar-refractivity contribution in [3.8, 4) is 5.75 Å². The molecule has 0 spiro atoms. The first-order valence-electron chi connectivity index (χ1n) is 8.06. The zero-order valence-corrected chi connectivity index (χ0v) is 14.1. The third-order valence-electron chi connectivity index (χ3n) is 4.26. The van der Waals surface area contributed by atoms with Crippen molar-refractivity contribution in [2.24, 2.45) is 5.92 Å². The standard InChI is InChI=1S/C19H18N2O5/c1-26-16-7-5-15(6-8-16)21-11-13(10-17(21)22)18(23)20-14-4-2-3-12(9-14)19(24)25/h2-9,13H,10-11H2,1H3,(H,20,23)(H,24,25). The second-order valence-electron chi connectivity index (χ2n) is 5.98. The van der Waals surface area contributed by atoms with Crippen molar-refractivity contribution >= 4 is 29.2 Å². The average Bonchev–Trinajstić information content (AvgIpc) is 3.04. The van der Waals surface area contributed by atoms with E-state index in [-0.39, 0.29) is 30.3 Å². The summed E-state index contributed by atoms with van der Waals surface area (Å²) in [5.41, 5.74) is 1.19. The summed E-state index contributed by atoms with van der Waals surface area (Å²) in [7, 11) is 1.57. The molecule has 134 valence electrons. The van der Waals surface area contributed by atoms with Crippen LogP contribution in [-0.4, -0.2) is 36.5 Å². The van der Waals surface area contributed by atoms with Crippen LogP contribution in [0, 0.1) is 5.92 Å². The molecule has 0 aliphatic carbocycles. The van der Waals surface area contributed by atoms with Gasteiger partial charge in [-0.15, -0.1) is 0 Å². The Kier molecular flexibility index (Phi) is 4.88. The molecule has 1 heterocycles. The van der Waals surface area contributed by atoms with Gasteiger partial charge in [0, 0.05) is 24.3 Å². The zero-order chi connectivity index (χ0) is 18.7. The van der Waals surface area contributed by atoms with Gasteiger partial charge in [-0.05, 0) is 42.5 Å². The van der Waals surface area contributed by atoms with Gasteiger partial charge in [0.15, 0.2) is 0 Å². The van der Waals surface area contributed by atoms with Crippen molar-refractivity contribution in [2.75, 3.05) is 23.9 Å². The van der Waals surface area contributed by atoms with E-state index in [1.54, 1.807) is 48.4 Å². The lowest BCUT2D eigenvalue weighted by Crippen LogP contribution is -2.28. The zero-order valence-electron chi connectivity index (χ0n) is 14.1. The molecule has 1 saturated heterocycles. The van der Waals surface area contributed by atoms with Gasteiger partial charge in [0.05, 0.1) is 18.6 Å². The molecule has 7 nitrogen and oxygen atoms in total. The number of anilines is 2. The van der Waals surface area contributed by atoms with Gasteiger partial charge < -0.3 is 20.1 Å². The van der Waals surface area contributed by atoms with Crippen LogP contribution >= 0.6 is 0 Å². The Morgan fingerprint density at radius 3 is 2.58 bits per heavy atom. The Morgan fingerprint density at radius 2 is 1.92 bits per heavy atom. The molecular weight excluding hydrogens is 336 g/mol. The summed E-state index contributed by atoms with van der Waals surface area (Å²) in [6.07, 6.45) is 0.108. The predicted octanol–water partition coefficient (Wildman–Crippen LogP) is 2.39. The Bertz CT molecular complexity index is 847. The van der Waals surface area contributed by atoms with E-state index in [0.29, 0.717) is 17.1 Å². The molecule has 1 unspecified atom stereocenters. The second-order valence-corrected chi connectivity index (χ2v) is 5.98. The highest BCUT2D eigenvalue weighted by molar-refractivity contribution is 6.03. The largest absolute Gasteiger partial charge is 0.497 e. The van der Waals surface area contributed by atoms with Gasteiger partial charge in [-0.2, -0.15) is 0 Å². The molecule has 1 atom stereocenters. The van der Waals surface area contributed by atoms with Crippen LogP contribution < -0.4 is 15.0 Å². The number of hydrogen-bond acceptors (Lipinski definition) is 4. The van der Waals surface area contributed by atoms with E-state index in [9.17, 15) is 14.4 Å². The smallest absolute Gasteiger partial charge is 0.335 e. The highest BCUT2D eigenvalue weighted by atomic mass is 16.5. The molecule has 26 heavy (non-hydrogen) atoms. The van der Waals surface area contributed by atoms with E-state index in [2.05, 4.69) is 5.32 Å². The van der Waals surface area contributed by atoms with Crippen LogP contribution in [0.4, 0.5) is 11.4 Å². The normalized spacial score (nSPS) is 16.4. The van der Waals surface area contributed by atoms with Gasteiger partial charge in [-0.1, -0.05) is 6.07 Å². The molecule has 2 aromatic rings. The van der Waals surface area contributed by atoms with Crippen LogP contribution in [0.25, 0.3) is 0 Å². The lowest BCUT2D eigenvalue weighted by atomic mass is 10.1. The van der Waals surface area contributed by atoms with E-state index in [1.165, 1.54) is 12.1 Å². The number of ether oxygens (including phenoxy) is 1. The van der Waals surface area contributed by atoms with E-state index in [4.69, 9.17) is 9.84 Å². The fourth-order valence-electron chi connectivity index (χ4n) is 2.87. The SMILES string of the molecule is COc1ccc(N2CC(C(=O)Nc3cccc(C(=O)O)c3)CC2=O)cc1. The number of hydrogen-bond donors (Lipinski definition) is 2. The van der Waals surface area contributed by atoms with E-state index in [0.717, 1.165) is 0 Å². The third kappa shape index (κ3) is 3.66. The molecule has 3 rings (SSSR count). The van der Waals surface area contributed by atoms with Crippen molar-refractivity contribution in [1.29, 1.82) is 0 Å². The van der Waals surface area contributed by atoms with Gasteiger partial charge >= 0.3 is 5.97 Å². The number of carboxylic acids is 1. The fourth-order valence-corrected chi connectivity index (χ4v) is 2.87. The molecule has 2 aromatic carbocycles. The Hall–Kier alpha value is -3.35. The number of methoxy groups -OCH3 is 1. The molecule has 1 aliphatic rings. The topological polar surface area (TPSA) is 95.9 Å². The number of carboxylic acid groups (broad SMARTS) is 1. The molecule has 2 N–H and O–H groups in total. The number of rotatable bonds is 5. The minimum atomic E-state index is -1.07. The molecule has 0 radical (unpaired) electrons. The minimum absolute atomic E-state index is 0.0881. The Labute approximate surface area is 150 Å². The molecule has 0 saturated carbocycles. The monoisotopic (exact) mass is 354 g/mol. The highest BCUT2D eigenvalue weighted by Crippen LogP contribution is 2.27. The summed E-state index contributed by atoms with van der Waals surface area (Å²) in [6.45, 7) is 0.273. The van der Waals surface area contributed by atoms with E-state index in [1.807, 2.05) is 0 Å². The number of benzene rings is 2. The van der Waals surface area contributed by atoms with Crippen LogP contribution in [0.5, 0.6) is 5.75 Å². The molecule has 1 aliphatic heterocycles. The minimum Gasteiger partial charge on any atom is -0.497 e. The number of carbonyl (C=O) groups excluding carboxylic acids is 2. The van der Waals surface area contributed by atoms with Crippen molar-refractivity contribution < 1.29 is 24.2 Å². The maximum absolute atomic E-state index is 12.5. The molecular formula is C19H18N2O5. The fraction of sp³-hybridized carbons (Fsp3) is 0.211. The lowest BCUT2D eigenvalue weighted by Gasteiger charge is -2.17. The van der Waals surface area contributed by atoms with Gasteiger partial charge in [0.25, 0.3) is 0 Å². The van der Waals surface area contributed by atoms with Gasteiger partial charge in [0.2, 0.25) is 11.8 Å².